The van der Waals surface area contributed by atoms with E-state index in [1.807, 2.05) is 19.9 Å². The van der Waals surface area contributed by atoms with E-state index in [4.69, 9.17) is 9.47 Å². The van der Waals surface area contributed by atoms with Gasteiger partial charge in [-0.15, -0.1) is 0 Å². The molecule has 0 heterocycles. The average molecular weight is 287 g/mol. The van der Waals surface area contributed by atoms with Gasteiger partial charge in [0.1, 0.15) is 11.3 Å². The third kappa shape index (κ3) is 2.98. The summed E-state index contributed by atoms with van der Waals surface area (Å²) in [6, 6.07) is 3.65. The SMILES string of the molecule is CCOC(=O)c1c(C)cc(Br)cc1OCC. The van der Waals surface area contributed by atoms with Gasteiger partial charge >= 0.3 is 5.97 Å². The highest BCUT2D eigenvalue weighted by atomic mass is 79.9. The third-order valence-corrected chi connectivity index (χ3v) is 2.50. The molecule has 1 aromatic rings. The van der Waals surface area contributed by atoms with Crippen LogP contribution in [0.3, 0.4) is 0 Å². The van der Waals surface area contributed by atoms with Gasteiger partial charge in [0.25, 0.3) is 0 Å². The molecule has 0 aliphatic heterocycles. The Bertz CT molecular complexity index is 388. The van der Waals surface area contributed by atoms with Crippen molar-refractivity contribution >= 4 is 21.9 Å². The van der Waals surface area contributed by atoms with Crippen LogP contribution in [0.25, 0.3) is 0 Å². The van der Waals surface area contributed by atoms with E-state index < -0.39 is 0 Å². The maximum absolute atomic E-state index is 11.8. The van der Waals surface area contributed by atoms with Crippen molar-refractivity contribution in [1.29, 1.82) is 0 Å². The molecule has 0 radical (unpaired) electrons. The number of halogens is 1. The minimum absolute atomic E-state index is 0.337. The fraction of sp³-hybridized carbons (Fsp3) is 0.417. The maximum Gasteiger partial charge on any atom is 0.342 e. The molecule has 88 valence electrons. The van der Waals surface area contributed by atoms with Crippen LogP contribution in [0.5, 0.6) is 5.75 Å². The molecule has 0 aliphatic carbocycles. The van der Waals surface area contributed by atoms with Crippen molar-refractivity contribution < 1.29 is 14.3 Å². The normalized spacial score (nSPS) is 10.0. The van der Waals surface area contributed by atoms with E-state index in [0.29, 0.717) is 24.5 Å². The van der Waals surface area contributed by atoms with Gasteiger partial charge in [-0.2, -0.15) is 0 Å². The predicted molar refractivity (Wildman–Crippen MR) is 66.0 cm³/mol. The Balaban J connectivity index is 3.18. The molecule has 0 aromatic heterocycles. The Morgan fingerprint density at radius 3 is 2.56 bits per heavy atom. The van der Waals surface area contributed by atoms with Crippen LogP contribution >= 0.6 is 15.9 Å². The molecule has 3 nitrogen and oxygen atoms in total. The zero-order valence-electron chi connectivity index (χ0n) is 9.67. The summed E-state index contributed by atoms with van der Waals surface area (Å²) in [5.41, 5.74) is 1.35. The fourth-order valence-electron chi connectivity index (χ4n) is 1.45. The second kappa shape index (κ2) is 5.89. The second-order valence-corrected chi connectivity index (χ2v) is 4.16. The van der Waals surface area contributed by atoms with Gasteiger partial charge in [-0.1, -0.05) is 15.9 Å². The topological polar surface area (TPSA) is 35.5 Å². The van der Waals surface area contributed by atoms with Gasteiger partial charge in [-0.05, 0) is 38.5 Å². The van der Waals surface area contributed by atoms with E-state index in [2.05, 4.69) is 15.9 Å². The Morgan fingerprint density at radius 2 is 2.00 bits per heavy atom. The zero-order valence-corrected chi connectivity index (χ0v) is 11.3. The van der Waals surface area contributed by atoms with E-state index >= 15 is 0 Å². The number of esters is 1. The standard InChI is InChI=1S/C12H15BrO3/c1-4-15-10-7-9(13)6-8(3)11(10)12(14)16-5-2/h6-7H,4-5H2,1-3H3. The molecule has 0 unspecified atom stereocenters. The largest absolute Gasteiger partial charge is 0.493 e. The number of ether oxygens (including phenoxy) is 2. The Hall–Kier alpha value is -1.03. The van der Waals surface area contributed by atoms with Crippen molar-refractivity contribution in [1.82, 2.24) is 0 Å². The maximum atomic E-state index is 11.8. The summed E-state index contributed by atoms with van der Waals surface area (Å²) in [4.78, 5) is 11.8. The minimum atomic E-state index is -0.337. The molecule has 1 rings (SSSR count). The van der Waals surface area contributed by atoms with Crippen molar-refractivity contribution in [2.24, 2.45) is 0 Å². The Labute approximate surface area is 104 Å². The first-order valence-corrected chi connectivity index (χ1v) is 5.99. The van der Waals surface area contributed by atoms with Gasteiger partial charge in [0.15, 0.2) is 0 Å². The highest BCUT2D eigenvalue weighted by molar-refractivity contribution is 9.10. The number of hydrogen-bond donors (Lipinski definition) is 0. The highest BCUT2D eigenvalue weighted by Crippen LogP contribution is 2.28. The number of benzene rings is 1. The van der Waals surface area contributed by atoms with Crippen LogP contribution < -0.4 is 4.74 Å². The van der Waals surface area contributed by atoms with Crippen molar-refractivity contribution in [3.63, 3.8) is 0 Å². The van der Waals surface area contributed by atoms with E-state index in [9.17, 15) is 4.79 Å². The zero-order chi connectivity index (χ0) is 12.1. The summed E-state index contributed by atoms with van der Waals surface area (Å²) in [7, 11) is 0. The highest BCUT2D eigenvalue weighted by Gasteiger charge is 2.17. The lowest BCUT2D eigenvalue weighted by Crippen LogP contribution is -2.10. The lowest BCUT2D eigenvalue weighted by Gasteiger charge is -2.12. The average Bonchev–Trinajstić information content (AvgIpc) is 2.17. The first-order valence-electron chi connectivity index (χ1n) is 5.20. The lowest BCUT2D eigenvalue weighted by molar-refractivity contribution is 0.0521. The molecule has 0 saturated heterocycles. The Morgan fingerprint density at radius 1 is 1.31 bits per heavy atom. The van der Waals surface area contributed by atoms with E-state index in [0.717, 1.165) is 10.0 Å². The quantitative estimate of drug-likeness (QED) is 0.797. The molecule has 4 heteroatoms. The van der Waals surface area contributed by atoms with Crippen LogP contribution in [0, 0.1) is 6.92 Å². The van der Waals surface area contributed by atoms with E-state index in [1.165, 1.54) is 0 Å². The summed E-state index contributed by atoms with van der Waals surface area (Å²) in [5, 5.41) is 0. The molecule has 16 heavy (non-hydrogen) atoms. The number of hydrogen-bond acceptors (Lipinski definition) is 3. The van der Waals surface area contributed by atoms with Crippen molar-refractivity contribution in [2.75, 3.05) is 13.2 Å². The molecule has 0 fully saturated rings. The van der Waals surface area contributed by atoms with Gasteiger partial charge in [0.2, 0.25) is 0 Å². The summed E-state index contributed by atoms with van der Waals surface area (Å²) in [5.74, 6) is 0.226. The molecule has 0 bridgehead atoms. The van der Waals surface area contributed by atoms with Crippen LogP contribution in [-0.2, 0) is 4.74 Å². The van der Waals surface area contributed by atoms with Crippen LogP contribution in [0.4, 0.5) is 0 Å². The summed E-state index contributed by atoms with van der Waals surface area (Å²) >= 11 is 3.37. The van der Waals surface area contributed by atoms with Crippen molar-refractivity contribution in [3.05, 3.63) is 27.7 Å². The predicted octanol–water partition coefficient (Wildman–Crippen LogP) is 3.33. The summed E-state index contributed by atoms with van der Waals surface area (Å²) in [6.07, 6.45) is 0. The monoisotopic (exact) mass is 286 g/mol. The van der Waals surface area contributed by atoms with Gasteiger partial charge < -0.3 is 9.47 Å². The second-order valence-electron chi connectivity index (χ2n) is 3.25. The number of rotatable bonds is 4. The van der Waals surface area contributed by atoms with Gasteiger partial charge in [-0.3, -0.25) is 0 Å². The van der Waals surface area contributed by atoms with Crippen LogP contribution in [-0.4, -0.2) is 19.2 Å². The van der Waals surface area contributed by atoms with Gasteiger partial charge in [0, 0.05) is 4.47 Å². The first kappa shape index (κ1) is 13.0. The van der Waals surface area contributed by atoms with E-state index in [1.54, 1.807) is 13.0 Å². The molecule has 0 atom stereocenters. The minimum Gasteiger partial charge on any atom is -0.493 e. The molecule has 0 spiro atoms. The number of carbonyl (C=O) groups is 1. The van der Waals surface area contributed by atoms with Crippen molar-refractivity contribution in [2.45, 2.75) is 20.8 Å². The van der Waals surface area contributed by atoms with Gasteiger partial charge in [-0.25, -0.2) is 4.79 Å². The molecule has 0 saturated carbocycles. The molecule has 0 aliphatic rings. The fourth-order valence-corrected chi connectivity index (χ4v) is 2.00. The smallest absolute Gasteiger partial charge is 0.342 e. The molecule has 0 N–H and O–H groups in total. The first-order chi connectivity index (χ1) is 7.60. The molecule has 1 aromatic carbocycles. The molecule has 0 amide bonds. The van der Waals surface area contributed by atoms with Crippen LogP contribution in [0.1, 0.15) is 29.8 Å². The number of carbonyl (C=O) groups excluding carboxylic acids is 1. The Kier molecular flexibility index (Phi) is 4.80. The van der Waals surface area contributed by atoms with Crippen molar-refractivity contribution in [3.8, 4) is 5.75 Å². The third-order valence-electron chi connectivity index (χ3n) is 2.04. The van der Waals surface area contributed by atoms with Gasteiger partial charge in [0.05, 0.1) is 13.2 Å². The van der Waals surface area contributed by atoms with Crippen LogP contribution in [0.15, 0.2) is 16.6 Å². The van der Waals surface area contributed by atoms with Crippen LogP contribution in [0.2, 0.25) is 0 Å². The molecular formula is C12H15BrO3. The number of aryl methyl sites for hydroxylation is 1. The summed E-state index contributed by atoms with van der Waals surface area (Å²) < 4.78 is 11.3. The van der Waals surface area contributed by atoms with E-state index in [-0.39, 0.29) is 5.97 Å². The lowest BCUT2D eigenvalue weighted by atomic mass is 10.1. The molecular weight excluding hydrogens is 272 g/mol. The summed E-state index contributed by atoms with van der Waals surface area (Å²) in [6.45, 7) is 6.40.